The van der Waals surface area contributed by atoms with Gasteiger partial charge in [-0.1, -0.05) is 64.9 Å². The highest BCUT2D eigenvalue weighted by atomic mass is 16.5. The smallest absolute Gasteiger partial charge is 0.0918 e. The summed E-state index contributed by atoms with van der Waals surface area (Å²) in [4.78, 5) is 0. The van der Waals surface area contributed by atoms with E-state index >= 15 is 0 Å². The summed E-state index contributed by atoms with van der Waals surface area (Å²) in [5, 5.41) is 0. The van der Waals surface area contributed by atoms with Crippen molar-refractivity contribution in [3.8, 4) is 0 Å². The van der Waals surface area contributed by atoms with Gasteiger partial charge in [0.05, 0.1) is 18.5 Å². The topological polar surface area (TPSA) is 18.5 Å². The fourth-order valence-electron chi connectivity index (χ4n) is 4.50. The molecule has 25 heavy (non-hydrogen) atoms. The zero-order valence-electron chi connectivity index (χ0n) is 16.9. The van der Waals surface area contributed by atoms with Crippen molar-refractivity contribution in [1.82, 2.24) is 0 Å². The van der Waals surface area contributed by atoms with Crippen LogP contribution in [-0.2, 0) is 9.47 Å². The predicted octanol–water partition coefficient (Wildman–Crippen LogP) is 6.89. The number of allylic oxidation sites excluding steroid dienone is 1. The summed E-state index contributed by atoms with van der Waals surface area (Å²) >= 11 is 0. The zero-order chi connectivity index (χ0) is 17.9. The van der Waals surface area contributed by atoms with Crippen molar-refractivity contribution in [3.63, 3.8) is 0 Å². The van der Waals surface area contributed by atoms with Crippen LogP contribution in [0.5, 0.6) is 0 Å². The zero-order valence-corrected chi connectivity index (χ0v) is 16.9. The lowest BCUT2D eigenvalue weighted by Gasteiger charge is -2.27. The first-order chi connectivity index (χ1) is 12.1. The lowest BCUT2D eigenvalue weighted by Crippen LogP contribution is -2.22. The molecule has 2 fully saturated rings. The van der Waals surface area contributed by atoms with Crippen molar-refractivity contribution >= 4 is 0 Å². The Kier molecular flexibility index (Phi) is 9.98. The van der Waals surface area contributed by atoms with Gasteiger partial charge in [-0.3, -0.25) is 0 Å². The van der Waals surface area contributed by atoms with Crippen LogP contribution in [0.1, 0.15) is 97.3 Å². The molecule has 0 spiro atoms. The van der Waals surface area contributed by atoms with E-state index in [9.17, 15) is 0 Å². The second-order valence-electron chi connectivity index (χ2n) is 8.75. The minimum Gasteiger partial charge on any atom is -0.498 e. The van der Waals surface area contributed by atoms with Crippen molar-refractivity contribution in [2.45, 2.75) is 103 Å². The van der Waals surface area contributed by atoms with E-state index < -0.39 is 0 Å². The van der Waals surface area contributed by atoms with Gasteiger partial charge in [0, 0.05) is 12.5 Å². The van der Waals surface area contributed by atoms with Gasteiger partial charge >= 0.3 is 0 Å². The van der Waals surface area contributed by atoms with Crippen molar-refractivity contribution in [2.24, 2.45) is 17.8 Å². The van der Waals surface area contributed by atoms with Crippen LogP contribution in [0.3, 0.4) is 0 Å². The molecular formula is C23H42O2. The molecule has 1 aliphatic heterocycles. The van der Waals surface area contributed by atoms with Gasteiger partial charge in [-0.25, -0.2) is 0 Å². The largest absolute Gasteiger partial charge is 0.498 e. The highest BCUT2D eigenvalue weighted by Gasteiger charge is 2.21. The van der Waals surface area contributed by atoms with Crippen molar-refractivity contribution < 1.29 is 9.47 Å². The normalized spacial score (nSPS) is 30.2. The standard InChI is InChI=1S/C23H42O2/c1-19-11-13-23(14-12-19)21(3)25-16-9-7-5-4-6-8-10-22-15-17-24-20(2)18-22/h19-20,22-23H,3-18H2,1-2H3. The van der Waals surface area contributed by atoms with Crippen LogP contribution in [-0.4, -0.2) is 19.3 Å². The van der Waals surface area contributed by atoms with E-state index in [0.29, 0.717) is 12.0 Å². The average molecular weight is 351 g/mol. The SMILES string of the molecule is C=C(OCCCCCCCCC1CCOC(C)C1)C1CCC(C)CC1. The van der Waals surface area contributed by atoms with E-state index in [1.807, 2.05) is 0 Å². The Morgan fingerprint density at radius 1 is 0.920 bits per heavy atom. The molecule has 0 bridgehead atoms. The Morgan fingerprint density at radius 2 is 1.60 bits per heavy atom. The van der Waals surface area contributed by atoms with E-state index in [0.717, 1.165) is 30.8 Å². The van der Waals surface area contributed by atoms with E-state index in [-0.39, 0.29) is 0 Å². The highest BCUT2D eigenvalue weighted by Crippen LogP contribution is 2.32. The fourth-order valence-corrected chi connectivity index (χ4v) is 4.50. The molecule has 2 heteroatoms. The molecule has 0 aromatic carbocycles. The molecule has 0 radical (unpaired) electrons. The Labute approximate surface area is 156 Å². The van der Waals surface area contributed by atoms with Crippen LogP contribution < -0.4 is 0 Å². The molecule has 0 aromatic heterocycles. The van der Waals surface area contributed by atoms with Crippen LogP contribution >= 0.6 is 0 Å². The average Bonchev–Trinajstić information content (AvgIpc) is 2.61. The monoisotopic (exact) mass is 350 g/mol. The molecule has 2 atom stereocenters. The molecule has 2 aliphatic rings. The van der Waals surface area contributed by atoms with Crippen molar-refractivity contribution in [2.75, 3.05) is 13.2 Å². The van der Waals surface area contributed by atoms with Gasteiger partial charge in [-0.2, -0.15) is 0 Å². The van der Waals surface area contributed by atoms with Gasteiger partial charge in [0.2, 0.25) is 0 Å². The maximum Gasteiger partial charge on any atom is 0.0918 e. The van der Waals surface area contributed by atoms with Gasteiger partial charge in [-0.15, -0.1) is 0 Å². The molecule has 0 aromatic rings. The molecule has 1 heterocycles. The molecule has 2 nitrogen and oxygen atoms in total. The Morgan fingerprint density at radius 3 is 2.32 bits per heavy atom. The summed E-state index contributed by atoms with van der Waals surface area (Å²) in [6.07, 6.45) is 17.8. The molecule has 1 saturated carbocycles. The second-order valence-corrected chi connectivity index (χ2v) is 8.75. The Balaban J connectivity index is 1.36. The molecule has 1 saturated heterocycles. The fraction of sp³-hybridized carbons (Fsp3) is 0.913. The lowest BCUT2D eigenvalue weighted by atomic mass is 9.82. The van der Waals surface area contributed by atoms with Gasteiger partial charge in [-0.05, 0) is 50.9 Å². The first-order valence-electron chi connectivity index (χ1n) is 11.1. The molecule has 2 rings (SSSR count). The first kappa shape index (κ1) is 20.8. The Bertz CT molecular complexity index is 357. The van der Waals surface area contributed by atoms with E-state index in [1.165, 1.54) is 83.5 Å². The van der Waals surface area contributed by atoms with Crippen LogP contribution in [0, 0.1) is 17.8 Å². The molecular weight excluding hydrogens is 308 g/mol. The second kappa shape index (κ2) is 12.0. The summed E-state index contributed by atoms with van der Waals surface area (Å²) < 4.78 is 11.6. The van der Waals surface area contributed by atoms with Crippen LogP contribution in [0.15, 0.2) is 12.3 Å². The Hall–Kier alpha value is -0.500. The van der Waals surface area contributed by atoms with Gasteiger partial charge in [0.15, 0.2) is 0 Å². The summed E-state index contributed by atoms with van der Waals surface area (Å²) in [6, 6.07) is 0. The molecule has 146 valence electrons. The van der Waals surface area contributed by atoms with E-state index in [4.69, 9.17) is 9.47 Å². The number of ether oxygens (including phenoxy) is 2. The first-order valence-corrected chi connectivity index (χ1v) is 11.1. The van der Waals surface area contributed by atoms with Crippen molar-refractivity contribution in [1.29, 1.82) is 0 Å². The molecule has 1 aliphatic carbocycles. The maximum atomic E-state index is 5.93. The predicted molar refractivity (Wildman–Crippen MR) is 107 cm³/mol. The molecule has 0 amide bonds. The quantitative estimate of drug-likeness (QED) is 0.298. The van der Waals surface area contributed by atoms with Gasteiger partial charge < -0.3 is 9.47 Å². The third-order valence-electron chi connectivity index (χ3n) is 6.36. The third-order valence-corrected chi connectivity index (χ3v) is 6.36. The minimum absolute atomic E-state index is 0.491. The summed E-state index contributed by atoms with van der Waals surface area (Å²) in [7, 11) is 0. The van der Waals surface area contributed by atoms with E-state index in [2.05, 4.69) is 20.4 Å². The van der Waals surface area contributed by atoms with Crippen LogP contribution in [0.25, 0.3) is 0 Å². The van der Waals surface area contributed by atoms with Crippen LogP contribution in [0.4, 0.5) is 0 Å². The van der Waals surface area contributed by atoms with Crippen molar-refractivity contribution in [3.05, 3.63) is 12.3 Å². The van der Waals surface area contributed by atoms with Gasteiger partial charge in [0.25, 0.3) is 0 Å². The van der Waals surface area contributed by atoms with Crippen LogP contribution in [0.2, 0.25) is 0 Å². The summed E-state index contributed by atoms with van der Waals surface area (Å²) in [5.74, 6) is 3.52. The van der Waals surface area contributed by atoms with E-state index in [1.54, 1.807) is 0 Å². The minimum atomic E-state index is 0.491. The summed E-state index contributed by atoms with van der Waals surface area (Å²) in [5.41, 5.74) is 0. The number of hydrogen-bond acceptors (Lipinski definition) is 2. The number of rotatable bonds is 11. The summed E-state index contributed by atoms with van der Waals surface area (Å²) in [6.45, 7) is 10.6. The third kappa shape index (κ3) is 8.62. The number of hydrogen-bond donors (Lipinski definition) is 0. The maximum absolute atomic E-state index is 5.93. The molecule has 2 unspecified atom stereocenters. The van der Waals surface area contributed by atoms with Gasteiger partial charge in [0.1, 0.15) is 0 Å². The highest BCUT2D eigenvalue weighted by molar-refractivity contribution is 4.93. The number of unbranched alkanes of at least 4 members (excludes halogenated alkanes) is 5. The lowest BCUT2D eigenvalue weighted by molar-refractivity contribution is 0.000362. The molecule has 0 N–H and O–H groups in total.